The summed E-state index contributed by atoms with van der Waals surface area (Å²) in [6, 6.07) is 0.0497. The number of nitrogen functional groups attached to an aromatic ring is 1. The summed E-state index contributed by atoms with van der Waals surface area (Å²) in [6.07, 6.45) is 3.90. The molecule has 7 nitrogen and oxygen atoms in total. The highest BCUT2D eigenvalue weighted by atomic mass is 32.2. The lowest BCUT2D eigenvalue weighted by molar-refractivity contribution is 0.497. The van der Waals surface area contributed by atoms with Gasteiger partial charge in [-0.3, -0.25) is 0 Å². The van der Waals surface area contributed by atoms with Gasteiger partial charge in [0.2, 0.25) is 0 Å². The molecule has 1 aliphatic heterocycles. The lowest BCUT2D eigenvalue weighted by Gasteiger charge is -2.31. The van der Waals surface area contributed by atoms with Crippen molar-refractivity contribution in [2.24, 2.45) is 5.73 Å². The molecule has 1 unspecified atom stereocenters. The average Bonchev–Trinajstić information content (AvgIpc) is 2.67. The molecule has 20 heavy (non-hydrogen) atoms. The molecule has 0 bridgehead atoms. The maximum Gasteiger partial charge on any atom is 0.182 e. The largest absolute Gasteiger partial charge is 0.383 e. The summed E-state index contributed by atoms with van der Waals surface area (Å²) in [6.45, 7) is 3.98. The molecule has 8 heteroatoms. The lowest BCUT2D eigenvalue weighted by atomic mass is 10.1. The van der Waals surface area contributed by atoms with Crippen molar-refractivity contribution in [3.63, 3.8) is 0 Å². The number of nitrogens with zero attached hydrogens (tertiary/aromatic N) is 3. The van der Waals surface area contributed by atoms with Crippen LogP contribution in [0, 0.1) is 0 Å². The van der Waals surface area contributed by atoms with Gasteiger partial charge in [0.05, 0.1) is 0 Å². The topological polar surface area (TPSA) is 107 Å². The maximum absolute atomic E-state index is 12.0. The van der Waals surface area contributed by atoms with Crippen LogP contribution in [0.15, 0.2) is 4.90 Å². The number of piperidine rings is 1. The molecule has 0 aliphatic carbocycles. The van der Waals surface area contributed by atoms with Crippen molar-refractivity contribution in [3.8, 4) is 0 Å². The van der Waals surface area contributed by atoms with Crippen LogP contribution in [0.1, 0.15) is 26.2 Å². The minimum atomic E-state index is -3.42. The van der Waals surface area contributed by atoms with E-state index in [0.717, 1.165) is 25.8 Å². The first-order chi connectivity index (χ1) is 9.34. The molecule has 2 heterocycles. The Hall–Kier alpha value is -1.28. The monoisotopic (exact) mass is 301 g/mol. The van der Waals surface area contributed by atoms with Crippen LogP contribution in [0.5, 0.6) is 0 Å². The van der Waals surface area contributed by atoms with E-state index in [-0.39, 0.29) is 16.8 Å². The van der Waals surface area contributed by atoms with Crippen molar-refractivity contribution in [1.82, 2.24) is 9.78 Å². The Morgan fingerprint density at radius 3 is 2.70 bits per heavy atom. The molecule has 0 aromatic carbocycles. The number of aryl methyl sites for hydroxylation is 1. The lowest BCUT2D eigenvalue weighted by Crippen LogP contribution is -2.43. The SMILES string of the molecule is CCCn1nc(N2CCCC(N)C2)c(S(C)(=O)=O)c1N. The molecule has 1 atom stereocenters. The average molecular weight is 301 g/mol. The number of anilines is 2. The van der Waals surface area contributed by atoms with Crippen molar-refractivity contribution in [3.05, 3.63) is 0 Å². The van der Waals surface area contributed by atoms with Crippen LogP contribution in [0.3, 0.4) is 0 Å². The molecule has 114 valence electrons. The quantitative estimate of drug-likeness (QED) is 0.823. The highest BCUT2D eigenvalue weighted by Crippen LogP contribution is 2.31. The van der Waals surface area contributed by atoms with E-state index in [1.54, 1.807) is 4.68 Å². The Balaban J connectivity index is 2.48. The summed E-state index contributed by atoms with van der Waals surface area (Å²) < 4.78 is 25.6. The molecular weight excluding hydrogens is 278 g/mol. The third kappa shape index (κ3) is 2.90. The van der Waals surface area contributed by atoms with Crippen molar-refractivity contribution < 1.29 is 8.42 Å². The van der Waals surface area contributed by atoms with Gasteiger partial charge >= 0.3 is 0 Å². The first kappa shape index (κ1) is 15.1. The first-order valence-corrected chi connectivity index (χ1v) is 8.80. The van der Waals surface area contributed by atoms with Crippen LogP contribution in [0.4, 0.5) is 11.6 Å². The van der Waals surface area contributed by atoms with Gasteiger partial charge in [-0.05, 0) is 19.3 Å². The predicted molar refractivity (Wildman–Crippen MR) is 79.5 cm³/mol. The van der Waals surface area contributed by atoms with Gasteiger partial charge in [-0.2, -0.15) is 5.10 Å². The van der Waals surface area contributed by atoms with Gasteiger partial charge in [-0.25, -0.2) is 13.1 Å². The fourth-order valence-corrected chi connectivity index (χ4v) is 3.58. The Labute approximate surface area is 119 Å². The van der Waals surface area contributed by atoms with Gasteiger partial charge in [0.15, 0.2) is 20.6 Å². The van der Waals surface area contributed by atoms with Crippen molar-refractivity contribution >= 4 is 21.5 Å². The van der Waals surface area contributed by atoms with E-state index in [9.17, 15) is 8.42 Å². The van der Waals surface area contributed by atoms with E-state index < -0.39 is 9.84 Å². The Bertz CT molecular complexity index is 581. The summed E-state index contributed by atoms with van der Waals surface area (Å²) >= 11 is 0. The number of hydrogen-bond acceptors (Lipinski definition) is 6. The summed E-state index contributed by atoms with van der Waals surface area (Å²) in [5.41, 5.74) is 11.9. The molecule has 1 aromatic rings. The molecule has 0 spiro atoms. The van der Waals surface area contributed by atoms with Gasteiger partial charge in [0.1, 0.15) is 5.82 Å². The molecule has 1 fully saturated rings. The third-order valence-electron chi connectivity index (χ3n) is 3.49. The molecule has 0 amide bonds. The van der Waals surface area contributed by atoms with Crippen LogP contribution in [0.2, 0.25) is 0 Å². The zero-order valence-electron chi connectivity index (χ0n) is 12.0. The molecule has 1 aromatic heterocycles. The van der Waals surface area contributed by atoms with Crippen LogP contribution in [-0.4, -0.2) is 43.6 Å². The standard InChI is InChI=1S/C12H23N5O2S/c1-3-6-17-11(14)10(20(2,18)19)12(15-17)16-7-4-5-9(13)8-16/h9H,3-8,13-14H2,1-2H3. The van der Waals surface area contributed by atoms with E-state index in [1.807, 2.05) is 11.8 Å². The molecular formula is C12H23N5O2S. The van der Waals surface area contributed by atoms with Gasteiger partial charge in [-0.15, -0.1) is 0 Å². The van der Waals surface area contributed by atoms with Crippen LogP contribution >= 0.6 is 0 Å². The number of sulfone groups is 1. The van der Waals surface area contributed by atoms with Crippen molar-refractivity contribution in [1.29, 1.82) is 0 Å². The van der Waals surface area contributed by atoms with E-state index in [0.29, 0.717) is 18.9 Å². The second kappa shape index (κ2) is 5.61. The van der Waals surface area contributed by atoms with Gasteiger partial charge < -0.3 is 16.4 Å². The predicted octanol–water partition coefficient (Wildman–Crippen LogP) is 0.206. The van der Waals surface area contributed by atoms with E-state index in [1.165, 1.54) is 6.26 Å². The van der Waals surface area contributed by atoms with Crippen molar-refractivity contribution in [2.75, 3.05) is 30.0 Å². The second-order valence-corrected chi connectivity index (χ2v) is 7.33. The third-order valence-corrected chi connectivity index (χ3v) is 4.63. The fraction of sp³-hybridized carbons (Fsp3) is 0.750. The normalized spacial score (nSPS) is 20.4. The molecule has 2 rings (SSSR count). The first-order valence-electron chi connectivity index (χ1n) is 6.91. The number of nitrogens with two attached hydrogens (primary N) is 2. The van der Waals surface area contributed by atoms with Crippen LogP contribution in [0.25, 0.3) is 0 Å². The van der Waals surface area contributed by atoms with E-state index in [4.69, 9.17) is 11.5 Å². The molecule has 0 saturated carbocycles. The molecule has 1 saturated heterocycles. The van der Waals surface area contributed by atoms with Gasteiger partial charge in [0.25, 0.3) is 0 Å². The zero-order chi connectivity index (χ0) is 14.9. The summed E-state index contributed by atoms with van der Waals surface area (Å²) in [4.78, 5) is 2.08. The van der Waals surface area contributed by atoms with Crippen LogP contribution < -0.4 is 16.4 Å². The second-order valence-electron chi connectivity index (χ2n) is 5.38. The number of hydrogen-bond donors (Lipinski definition) is 2. The summed E-state index contributed by atoms with van der Waals surface area (Å²) in [5, 5.41) is 4.41. The number of rotatable bonds is 4. The van der Waals surface area contributed by atoms with Crippen molar-refractivity contribution in [2.45, 2.75) is 43.7 Å². The Kier molecular flexibility index (Phi) is 4.24. The summed E-state index contributed by atoms with van der Waals surface area (Å²) in [5.74, 6) is 0.678. The highest BCUT2D eigenvalue weighted by molar-refractivity contribution is 7.91. The van der Waals surface area contributed by atoms with Gasteiger partial charge in [0, 0.05) is 31.9 Å². The van der Waals surface area contributed by atoms with Gasteiger partial charge in [-0.1, -0.05) is 6.92 Å². The minimum absolute atomic E-state index is 0.0497. The Morgan fingerprint density at radius 2 is 2.15 bits per heavy atom. The van der Waals surface area contributed by atoms with Crippen LogP contribution in [-0.2, 0) is 16.4 Å². The minimum Gasteiger partial charge on any atom is -0.383 e. The number of aromatic nitrogens is 2. The smallest absolute Gasteiger partial charge is 0.182 e. The summed E-state index contributed by atoms with van der Waals surface area (Å²) in [7, 11) is -3.42. The molecule has 4 N–H and O–H groups in total. The zero-order valence-corrected chi connectivity index (χ0v) is 12.9. The fourth-order valence-electron chi connectivity index (χ4n) is 2.59. The highest BCUT2D eigenvalue weighted by Gasteiger charge is 2.29. The van der Waals surface area contributed by atoms with E-state index in [2.05, 4.69) is 5.10 Å². The Morgan fingerprint density at radius 1 is 1.45 bits per heavy atom. The van der Waals surface area contributed by atoms with E-state index >= 15 is 0 Å². The maximum atomic E-state index is 12.0. The molecule has 1 aliphatic rings. The molecule has 0 radical (unpaired) electrons.